The summed E-state index contributed by atoms with van der Waals surface area (Å²) >= 11 is 0. The standard InChI is InChI=1S/C48H30N2/c1-5-19-45-41(15-1)42-16-2-6-20-46(42)49(45)39-27-23-33(24-28-39)35-11-9-13-37(31-35)38-14-10-12-36(32-38)34-25-29-40(30-26-34)50-47-21-7-3-17-43(47)44-18-4-8-22-48(44)50/h1-3,5-17,19-32H. The lowest BCUT2D eigenvalue weighted by molar-refractivity contribution is 1.18. The van der Waals surface area contributed by atoms with Gasteiger partial charge in [0, 0.05) is 27.5 Å². The molecule has 0 aliphatic carbocycles. The molecule has 2 aromatic heterocycles. The second kappa shape index (κ2) is 11.4. The molecule has 0 amide bonds. The van der Waals surface area contributed by atoms with Crippen molar-refractivity contribution < 1.29 is 0 Å². The van der Waals surface area contributed by atoms with Crippen LogP contribution in [0.5, 0.6) is 0 Å². The van der Waals surface area contributed by atoms with Gasteiger partial charge in [-0.3, -0.25) is 0 Å². The van der Waals surface area contributed by atoms with Gasteiger partial charge >= 0.3 is 0 Å². The molecule has 2 nitrogen and oxygen atoms in total. The van der Waals surface area contributed by atoms with Crippen LogP contribution in [0.3, 0.4) is 0 Å². The van der Waals surface area contributed by atoms with E-state index in [0.29, 0.717) is 0 Å². The molecule has 0 aliphatic rings. The first kappa shape index (κ1) is 28.2. The van der Waals surface area contributed by atoms with E-state index in [1.807, 2.05) is 6.07 Å². The first-order valence-corrected chi connectivity index (χ1v) is 17.0. The third kappa shape index (κ3) is 4.53. The molecule has 0 aliphatic heterocycles. The number of hydrogen-bond acceptors (Lipinski definition) is 0. The van der Waals surface area contributed by atoms with E-state index in [4.69, 9.17) is 0 Å². The molecule has 0 bridgehead atoms. The fraction of sp³-hybridized carbons (Fsp3) is 0. The van der Waals surface area contributed by atoms with Gasteiger partial charge in [-0.1, -0.05) is 127 Å². The number of hydrogen-bond donors (Lipinski definition) is 0. The maximum absolute atomic E-state index is 3.33. The Morgan fingerprint density at radius 3 is 1.26 bits per heavy atom. The van der Waals surface area contributed by atoms with Crippen molar-refractivity contribution in [3.8, 4) is 44.8 Å². The fourth-order valence-electron chi connectivity index (χ4n) is 7.62. The van der Waals surface area contributed by atoms with Crippen molar-refractivity contribution in [3.05, 3.63) is 194 Å². The highest BCUT2D eigenvalue weighted by molar-refractivity contribution is 6.09. The Kier molecular flexibility index (Phi) is 6.44. The maximum atomic E-state index is 3.33. The average Bonchev–Trinajstić information content (AvgIpc) is 3.71. The lowest BCUT2D eigenvalue weighted by Crippen LogP contribution is -1.93. The number of fused-ring (bicyclic) bond motifs is 6. The van der Waals surface area contributed by atoms with Crippen LogP contribution in [0.2, 0.25) is 0 Å². The second-order valence-corrected chi connectivity index (χ2v) is 12.8. The lowest BCUT2D eigenvalue weighted by Gasteiger charge is -2.11. The monoisotopic (exact) mass is 634 g/mol. The van der Waals surface area contributed by atoms with Crippen molar-refractivity contribution in [1.82, 2.24) is 9.13 Å². The maximum Gasteiger partial charge on any atom is 0.0631 e. The minimum atomic E-state index is 1.10. The van der Waals surface area contributed by atoms with E-state index in [1.165, 1.54) is 66.1 Å². The van der Waals surface area contributed by atoms with Crippen LogP contribution in [-0.2, 0) is 0 Å². The van der Waals surface area contributed by atoms with Crippen molar-refractivity contribution in [1.29, 1.82) is 0 Å². The lowest BCUT2D eigenvalue weighted by atomic mass is 9.96. The normalized spacial score (nSPS) is 11.4. The van der Waals surface area contributed by atoms with Crippen LogP contribution in [0.4, 0.5) is 0 Å². The van der Waals surface area contributed by atoms with Gasteiger partial charge in [0.15, 0.2) is 0 Å². The third-order valence-electron chi connectivity index (χ3n) is 9.99. The minimum absolute atomic E-state index is 1.10. The summed E-state index contributed by atoms with van der Waals surface area (Å²) in [6, 6.07) is 71.9. The van der Waals surface area contributed by atoms with E-state index in [1.54, 1.807) is 0 Å². The molecule has 0 spiro atoms. The van der Waals surface area contributed by atoms with Crippen LogP contribution in [0.1, 0.15) is 0 Å². The fourth-order valence-corrected chi connectivity index (χ4v) is 7.62. The molecule has 0 N–H and O–H groups in total. The molecular weight excluding hydrogens is 605 g/mol. The Morgan fingerprint density at radius 2 is 0.740 bits per heavy atom. The SMILES string of the molecule is c1ccc2c(c#1)c1ccccc1n2-c1ccc(-c2cccc(-c3cccc(-c4ccc(-n5c6ccccc6c6ccccc65)cc4)c3)c2)cc1. The molecule has 0 radical (unpaired) electrons. The molecule has 10 aromatic rings. The van der Waals surface area contributed by atoms with Crippen LogP contribution in [0, 0.1) is 12.1 Å². The van der Waals surface area contributed by atoms with Gasteiger partial charge in [-0.05, 0) is 100 Å². The van der Waals surface area contributed by atoms with E-state index in [0.717, 1.165) is 22.3 Å². The van der Waals surface area contributed by atoms with Gasteiger partial charge in [-0.2, -0.15) is 0 Å². The highest BCUT2D eigenvalue weighted by atomic mass is 15.0. The molecule has 50 heavy (non-hydrogen) atoms. The summed E-state index contributed by atoms with van der Waals surface area (Å²) in [5.74, 6) is 0. The van der Waals surface area contributed by atoms with Crippen molar-refractivity contribution in [3.63, 3.8) is 0 Å². The third-order valence-corrected chi connectivity index (χ3v) is 9.99. The molecule has 2 heterocycles. The van der Waals surface area contributed by atoms with E-state index < -0.39 is 0 Å². The summed E-state index contributed by atoms with van der Waals surface area (Å²) in [7, 11) is 0. The molecule has 0 fully saturated rings. The van der Waals surface area contributed by atoms with Crippen LogP contribution >= 0.6 is 0 Å². The molecule has 8 aromatic carbocycles. The predicted molar refractivity (Wildman–Crippen MR) is 209 cm³/mol. The highest BCUT2D eigenvalue weighted by Gasteiger charge is 2.13. The molecule has 0 atom stereocenters. The van der Waals surface area contributed by atoms with Crippen LogP contribution in [0.25, 0.3) is 88.4 Å². The molecular formula is C48H30N2. The summed E-state index contributed by atoms with van der Waals surface area (Å²) in [5.41, 5.74) is 14.2. The minimum Gasteiger partial charge on any atom is -0.309 e. The van der Waals surface area contributed by atoms with Crippen LogP contribution in [0.15, 0.2) is 182 Å². The zero-order valence-electron chi connectivity index (χ0n) is 27.2. The smallest absolute Gasteiger partial charge is 0.0631 e. The van der Waals surface area contributed by atoms with Gasteiger partial charge in [-0.25, -0.2) is 0 Å². The largest absolute Gasteiger partial charge is 0.309 e. The van der Waals surface area contributed by atoms with E-state index >= 15 is 0 Å². The van der Waals surface area contributed by atoms with Gasteiger partial charge < -0.3 is 9.13 Å². The summed E-state index contributed by atoms with van der Waals surface area (Å²) < 4.78 is 4.68. The van der Waals surface area contributed by atoms with Crippen LogP contribution < -0.4 is 0 Å². The van der Waals surface area contributed by atoms with Crippen molar-refractivity contribution in [2.24, 2.45) is 0 Å². The van der Waals surface area contributed by atoms with E-state index in [2.05, 4.69) is 197 Å². The Labute approximate surface area is 290 Å². The molecule has 0 unspecified atom stereocenters. The molecule has 10 rings (SSSR count). The summed E-state index contributed by atoms with van der Waals surface area (Å²) in [5, 5.41) is 4.84. The summed E-state index contributed by atoms with van der Waals surface area (Å²) in [6.07, 6.45) is 0. The van der Waals surface area contributed by atoms with E-state index in [-0.39, 0.29) is 0 Å². The number of rotatable bonds is 5. The Morgan fingerprint density at radius 1 is 0.320 bits per heavy atom. The zero-order chi connectivity index (χ0) is 33.0. The van der Waals surface area contributed by atoms with Crippen molar-refractivity contribution in [2.45, 2.75) is 0 Å². The first-order chi connectivity index (χ1) is 24.8. The van der Waals surface area contributed by atoms with Gasteiger partial charge in [-0.15, -0.1) is 0 Å². The summed E-state index contributed by atoms with van der Waals surface area (Å²) in [6.45, 7) is 0. The van der Waals surface area contributed by atoms with Crippen LogP contribution in [-0.4, -0.2) is 9.13 Å². The number of nitrogens with zero attached hydrogens (tertiary/aromatic N) is 2. The first-order valence-electron chi connectivity index (χ1n) is 17.0. The topological polar surface area (TPSA) is 9.86 Å². The van der Waals surface area contributed by atoms with Crippen molar-refractivity contribution >= 4 is 43.6 Å². The van der Waals surface area contributed by atoms with Crippen molar-refractivity contribution in [2.75, 3.05) is 0 Å². The Hall–Kier alpha value is -6.82. The number of benzene rings is 7. The molecule has 0 saturated heterocycles. The zero-order valence-corrected chi connectivity index (χ0v) is 27.2. The quantitative estimate of drug-likeness (QED) is 0.178. The Balaban J connectivity index is 0.962. The highest BCUT2D eigenvalue weighted by Crippen LogP contribution is 2.35. The number of para-hydroxylation sites is 3. The van der Waals surface area contributed by atoms with Gasteiger partial charge in [0.05, 0.1) is 27.5 Å². The Bertz CT molecular complexity index is 2540. The van der Waals surface area contributed by atoms with E-state index in [9.17, 15) is 0 Å². The summed E-state index contributed by atoms with van der Waals surface area (Å²) in [4.78, 5) is 0. The number of aromatic nitrogens is 2. The molecule has 0 saturated carbocycles. The van der Waals surface area contributed by atoms with Gasteiger partial charge in [0.25, 0.3) is 0 Å². The molecule has 232 valence electrons. The van der Waals surface area contributed by atoms with Gasteiger partial charge in [0.1, 0.15) is 0 Å². The van der Waals surface area contributed by atoms with Gasteiger partial charge in [0.2, 0.25) is 0 Å². The molecule has 2 heteroatoms. The predicted octanol–water partition coefficient (Wildman–Crippen LogP) is 12.5. The second-order valence-electron chi connectivity index (χ2n) is 12.8. The average molecular weight is 635 g/mol.